The topological polar surface area (TPSA) is 57.8 Å². The van der Waals surface area contributed by atoms with E-state index in [-0.39, 0.29) is 5.57 Å². The summed E-state index contributed by atoms with van der Waals surface area (Å²) in [5.74, 6) is -0.459. The molecule has 0 bridgehead atoms. The second kappa shape index (κ2) is 8.61. The second-order valence-electron chi connectivity index (χ2n) is 7.49. The van der Waals surface area contributed by atoms with E-state index in [0.717, 1.165) is 28.2 Å². The molecule has 0 saturated heterocycles. The van der Waals surface area contributed by atoms with E-state index in [1.54, 1.807) is 24.3 Å². The van der Waals surface area contributed by atoms with Crippen LogP contribution in [0, 0.1) is 45.9 Å². The van der Waals surface area contributed by atoms with Crippen LogP contribution in [0.4, 0.5) is 5.69 Å². The number of nitriles is 1. The fourth-order valence-electron chi connectivity index (χ4n) is 3.60. The molecule has 0 atom stereocenters. The van der Waals surface area contributed by atoms with E-state index in [9.17, 15) is 10.1 Å². The van der Waals surface area contributed by atoms with Crippen LogP contribution in [0.3, 0.4) is 0 Å². The number of halogens is 1. The number of hydrogen-bond donors (Lipinski definition) is 1. The van der Waals surface area contributed by atoms with Crippen molar-refractivity contribution in [1.82, 2.24) is 4.57 Å². The monoisotopic (exact) mass is 417 g/mol. The zero-order valence-corrected chi connectivity index (χ0v) is 18.6. The molecule has 1 heterocycles. The van der Waals surface area contributed by atoms with E-state index >= 15 is 0 Å². The van der Waals surface area contributed by atoms with Gasteiger partial charge in [0.15, 0.2) is 0 Å². The highest BCUT2D eigenvalue weighted by Crippen LogP contribution is 2.26. The summed E-state index contributed by atoms with van der Waals surface area (Å²) in [7, 11) is 0. The molecule has 1 N–H and O–H groups in total. The Morgan fingerprint density at radius 3 is 2.50 bits per heavy atom. The molecule has 0 radical (unpaired) electrons. The number of nitrogens with zero attached hydrogens (tertiary/aromatic N) is 2. The van der Waals surface area contributed by atoms with Crippen LogP contribution in [0.1, 0.15) is 33.6 Å². The van der Waals surface area contributed by atoms with Crippen molar-refractivity contribution in [2.24, 2.45) is 0 Å². The van der Waals surface area contributed by atoms with E-state index in [0.29, 0.717) is 10.7 Å². The Morgan fingerprint density at radius 1 is 1.10 bits per heavy atom. The third-order valence-electron chi connectivity index (χ3n) is 5.24. The SMILES string of the molecule is Cc1ccc(-n2c(C)cc(/C=C(/C#N)C(=O)Nc3cccc(Cl)c3C)c2C)c(C)c1. The highest BCUT2D eigenvalue weighted by Gasteiger charge is 2.16. The van der Waals surface area contributed by atoms with Gasteiger partial charge in [0.1, 0.15) is 11.6 Å². The van der Waals surface area contributed by atoms with Crippen LogP contribution in [0.2, 0.25) is 5.02 Å². The molecule has 1 aromatic heterocycles. The zero-order chi connectivity index (χ0) is 22.0. The van der Waals surface area contributed by atoms with Crippen LogP contribution >= 0.6 is 11.6 Å². The maximum Gasteiger partial charge on any atom is 0.266 e. The molecular formula is C25H24ClN3O. The van der Waals surface area contributed by atoms with Crippen molar-refractivity contribution >= 4 is 29.3 Å². The van der Waals surface area contributed by atoms with Gasteiger partial charge in [-0.05, 0) is 81.7 Å². The van der Waals surface area contributed by atoms with Gasteiger partial charge in [-0.25, -0.2) is 0 Å². The third kappa shape index (κ3) is 4.17. The predicted molar refractivity (Wildman–Crippen MR) is 123 cm³/mol. The van der Waals surface area contributed by atoms with Gasteiger partial charge >= 0.3 is 0 Å². The first-order valence-corrected chi connectivity index (χ1v) is 10.1. The van der Waals surface area contributed by atoms with Gasteiger partial charge in [0.25, 0.3) is 5.91 Å². The van der Waals surface area contributed by atoms with Crippen molar-refractivity contribution in [3.63, 3.8) is 0 Å². The minimum atomic E-state index is -0.459. The number of carbonyl (C=O) groups is 1. The quantitative estimate of drug-likeness (QED) is 0.404. The van der Waals surface area contributed by atoms with E-state index in [2.05, 4.69) is 41.9 Å². The van der Waals surface area contributed by atoms with Gasteiger partial charge in [-0.3, -0.25) is 4.79 Å². The van der Waals surface area contributed by atoms with Crippen LogP contribution in [0.25, 0.3) is 11.8 Å². The fourth-order valence-corrected chi connectivity index (χ4v) is 3.77. The lowest BCUT2D eigenvalue weighted by Crippen LogP contribution is -2.14. The van der Waals surface area contributed by atoms with Gasteiger partial charge in [-0.1, -0.05) is 35.4 Å². The summed E-state index contributed by atoms with van der Waals surface area (Å²) in [5, 5.41) is 13.0. The first-order chi connectivity index (χ1) is 14.2. The minimum absolute atomic E-state index is 0.0373. The van der Waals surface area contributed by atoms with Crippen molar-refractivity contribution in [3.05, 3.63) is 86.7 Å². The highest BCUT2D eigenvalue weighted by molar-refractivity contribution is 6.31. The van der Waals surface area contributed by atoms with E-state index in [4.69, 9.17) is 11.6 Å². The highest BCUT2D eigenvalue weighted by atomic mass is 35.5. The molecule has 0 fully saturated rings. The normalized spacial score (nSPS) is 11.3. The molecule has 5 heteroatoms. The molecule has 0 aliphatic heterocycles. The molecule has 1 amide bonds. The van der Waals surface area contributed by atoms with Gasteiger partial charge in [0.2, 0.25) is 0 Å². The Labute approximate surface area is 182 Å². The largest absolute Gasteiger partial charge is 0.321 e. The molecule has 0 spiro atoms. The molecule has 4 nitrogen and oxygen atoms in total. The van der Waals surface area contributed by atoms with Gasteiger partial charge in [0.05, 0.1) is 0 Å². The second-order valence-corrected chi connectivity index (χ2v) is 7.90. The molecule has 0 unspecified atom stereocenters. The fraction of sp³-hybridized carbons (Fsp3) is 0.200. The first-order valence-electron chi connectivity index (χ1n) is 9.67. The number of anilines is 1. The number of aromatic nitrogens is 1. The lowest BCUT2D eigenvalue weighted by Gasteiger charge is -2.13. The van der Waals surface area contributed by atoms with E-state index in [1.807, 2.05) is 32.9 Å². The van der Waals surface area contributed by atoms with Crippen LogP contribution in [-0.2, 0) is 4.79 Å². The van der Waals surface area contributed by atoms with Crippen molar-refractivity contribution in [1.29, 1.82) is 5.26 Å². The zero-order valence-electron chi connectivity index (χ0n) is 17.8. The smallest absolute Gasteiger partial charge is 0.266 e. The summed E-state index contributed by atoms with van der Waals surface area (Å²) in [4.78, 5) is 12.7. The standard InChI is InChI=1S/C25H24ClN3O/c1-15-9-10-24(16(2)11-15)29-17(3)12-20(19(29)5)13-21(14-27)25(30)28-23-8-6-7-22(26)18(23)4/h6-13H,1-5H3,(H,28,30)/b21-13-. The predicted octanol–water partition coefficient (Wildman–Crippen LogP) is 6.22. The van der Waals surface area contributed by atoms with Crippen LogP contribution in [0.5, 0.6) is 0 Å². The lowest BCUT2D eigenvalue weighted by atomic mass is 10.1. The van der Waals surface area contributed by atoms with E-state index < -0.39 is 5.91 Å². The molecule has 152 valence electrons. The third-order valence-corrected chi connectivity index (χ3v) is 5.65. The van der Waals surface area contributed by atoms with Gasteiger partial charge < -0.3 is 9.88 Å². The number of carbonyl (C=O) groups excluding carboxylic acids is 1. The maximum absolute atomic E-state index is 12.7. The van der Waals surface area contributed by atoms with Crippen molar-refractivity contribution in [2.75, 3.05) is 5.32 Å². The van der Waals surface area contributed by atoms with Crippen molar-refractivity contribution < 1.29 is 4.79 Å². The molecule has 30 heavy (non-hydrogen) atoms. The average Bonchev–Trinajstić information content (AvgIpc) is 2.97. The maximum atomic E-state index is 12.7. The van der Waals surface area contributed by atoms with Crippen molar-refractivity contribution in [2.45, 2.75) is 34.6 Å². The number of nitrogens with one attached hydrogen (secondary N) is 1. The molecular weight excluding hydrogens is 394 g/mol. The molecule has 3 rings (SSSR count). The van der Waals surface area contributed by atoms with Crippen LogP contribution in [0.15, 0.2) is 48.0 Å². The molecule has 2 aromatic carbocycles. The molecule has 0 aliphatic rings. The minimum Gasteiger partial charge on any atom is -0.321 e. The summed E-state index contributed by atoms with van der Waals surface area (Å²) in [6, 6.07) is 15.6. The molecule has 0 saturated carbocycles. The molecule has 0 aliphatic carbocycles. The number of hydrogen-bond acceptors (Lipinski definition) is 2. The van der Waals surface area contributed by atoms with Crippen LogP contribution in [-0.4, -0.2) is 10.5 Å². The van der Waals surface area contributed by atoms with E-state index in [1.165, 1.54) is 11.1 Å². The first kappa shape index (κ1) is 21.4. The number of amides is 1. The lowest BCUT2D eigenvalue weighted by molar-refractivity contribution is -0.112. The van der Waals surface area contributed by atoms with Gasteiger partial charge in [-0.15, -0.1) is 0 Å². The Kier molecular flexibility index (Phi) is 6.14. The number of benzene rings is 2. The van der Waals surface area contributed by atoms with Gasteiger partial charge in [0, 0.05) is 27.8 Å². The Morgan fingerprint density at radius 2 is 1.83 bits per heavy atom. The summed E-state index contributed by atoms with van der Waals surface area (Å²) >= 11 is 6.13. The van der Waals surface area contributed by atoms with Gasteiger partial charge in [-0.2, -0.15) is 5.26 Å². The Balaban J connectivity index is 1.98. The number of aryl methyl sites for hydroxylation is 3. The van der Waals surface area contributed by atoms with Crippen LogP contribution < -0.4 is 5.32 Å². The molecule has 3 aromatic rings. The average molecular weight is 418 g/mol. The summed E-state index contributed by atoms with van der Waals surface area (Å²) in [5.41, 5.74) is 7.70. The Hall–Kier alpha value is -3.29. The summed E-state index contributed by atoms with van der Waals surface area (Å²) < 4.78 is 2.15. The van der Waals surface area contributed by atoms with Crippen molar-refractivity contribution in [3.8, 4) is 11.8 Å². The Bertz CT molecular complexity index is 1210. The summed E-state index contributed by atoms with van der Waals surface area (Å²) in [6.07, 6.45) is 1.64. The summed E-state index contributed by atoms with van der Waals surface area (Å²) in [6.45, 7) is 9.99. The number of rotatable bonds is 4.